The highest BCUT2D eigenvalue weighted by atomic mass is 35.5. The van der Waals surface area contributed by atoms with Crippen molar-refractivity contribution in [1.29, 1.82) is 0 Å². The maximum atomic E-state index is 6.13. The molecule has 0 unspecified atom stereocenters. The molecule has 84 valence electrons. The van der Waals surface area contributed by atoms with E-state index in [-0.39, 0.29) is 0 Å². The molecule has 2 aromatic rings. The fourth-order valence-corrected chi connectivity index (χ4v) is 2.22. The number of hydrogen-bond donors (Lipinski definition) is 0. The molecule has 0 saturated carbocycles. The minimum Gasteiger partial charge on any atom is -0.263 e. The summed E-state index contributed by atoms with van der Waals surface area (Å²) in [7, 11) is 0. The SMILES string of the molecule is ClN1CN=C(c2ccccc2)c2ccccc21. The molecule has 3 heteroatoms. The van der Waals surface area contributed by atoms with Gasteiger partial charge in [-0.1, -0.05) is 48.5 Å². The topological polar surface area (TPSA) is 15.6 Å². The first kappa shape index (κ1) is 10.4. The van der Waals surface area contributed by atoms with Crippen LogP contribution in [0.25, 0.3) is 0 Å². The monoisotopic (exact) mass is 242 g/mol. The lowest BCUT2D eigenvalue weighted by Gasteiger charge is -2.23. The van der Waals surface area contributed by atoms with Crippen LogP contribution < -0.4 is 4.42 Å². The fourth-order valence-electron chi connectivity index (χ4n) is 2.02. The molecule has 0 spiro atoms. The lowest BCUT2D eigenvalue weighted by molar-refractivity contribution is 1.02. The van der Waals surface area contributed by atoms with E-state index in [9.17, 15) is 0 Å². The molecule has 3 rings (SSSR count). The van der Waals surface area contributed by atoms with Gasteiger partial charge < -0.3 is 0 Å². The number of aliphatic imine (C=N–C) groups is 1. The van der Waals surface area contributed by atoms with Crippen molar-refractivity contribution in [1.82, 2.24) is 0 Å². The van der Waals surface area contributed by atoms with Crippen LogP contribution in [0, 0.1) is 0 Å². The Labute approximate surface area is 105 Å². The van der Waals surface area contributed by atoms with Gasteiger partial charge in [0.1, 0.15) is 6.67 Å². The number of rotatable bonds is 1. The van der Waals surface area contributed by atoms with Crippen LogP contribution in [0.5, 0.6) is 0 Å². The molecule has 1 aliphatic heterocycles. The molecule has 0 aromatic heterocycles. The summed E-state index contributed by atoms with van der Waals surface area (Å²) in [5.41, 5.74) is 4.24. The molecule has 0 radical (unpaired) electrons. The van der Waals surface area contributed by atoms with Crippen molar-refractivity contribution in [2.24, 2.45) is 4.99 Å². The summed E-state index contributed by atoms with van der Waals surface area (Å²) in [6, 6.07) is 18.2. The number of hydrogen-bond acceptors (Lipinski definition) is 2. The quantitative estimate of drug-likeness (QED) is 0.700. The first-order valence-electron chi connectivity index (χ1n) is 5.49. The van der Waals surface area contributed by atoms with Crippen LogP contribution in [-0.4, -0.2) is 12.4 Å². The molecule has 0 aliphatic carbocycles. The third-order valence-corrected chi connectivity index (χ3v) is 3.11. The van der Waals surface area contributed by atoms with Gasteiger partial charge in [0.15, 0.2) is 0 Å². The largest absolute Gasteiger partial charge is 0.263 e. The van der Waals surface area contributed by atoms with Gasteiger partial charge in [0, 0.05) is 22.9 Å². The van der Waals surface area contributed by atoms with Gasteiger partial charge in [-0.25, -0.2) is 0 Å². The zero-order chi connectivity index (χ0) is 11.7. The predicted molar refractivity (Wildman–Crippen MR) is 71.7 cm³/mol. The van der Waals surface area contributed by atoms with Gasteiger partial charge in [0.25, 0.3) is 0 Å². The molecule has 1 heterocycles. The van der Waals surface area contributed by atoms with E-state index in [1.807, 2.05) is 36.4 Å². The normalized spacial score (nSPS) is 14.2. The van der Waals surface area contributed by atoms with Crippen LogP contribution in [0.2, 0.25) is 0 Å². The van der Waals surface area contributed by atoms with Crippen molar-refractivity contribution in [3.63, 3.8) is 0 Å². The number of para-hydroxylation sites is 1. The number of fused-ring (bicyclic) bond motifs is 1. The third kappa shape index (κ3) is 1.81. The van der Waals surface area contributed by atoms with Crippen molar-refractivity contribution >= 4 is 23.2 Å². The summed E-state index contributed by atoms with van der Waals surface area (Å²) in [4.78, 5) is 4.53. The second kappa shape index (κ2) is 4.22. The van der Waals surface area contributed by atoms with Gasteiger partial charge in [-0.3, -0.25) is 9.41 Å². The molecular weight excluding hydrogens is 232 g/mol. The average molecular weight is 243 g/mol. The maximum Gasteiger partial charge on any atom is 0.126 e. The van der Waals surface area contributed by atoms with Crippen LogP contribution in [0.1, 0.15) is 11.1 Å². The third-order valence-electron chi connectivity index (χ3n) is 2.82. The highest BCUT2D eigenvalue weighted by Crippen LogP contribution is 2.28. The van der Waals surface area contributed by atoms with Crippen LogP contribution in [0.4, 0.5) is 5.69 Å². The summed E-state index contributed by atoms with van der Waals surface area (Å²) < 4.78 is 1.64. The summed E-state index contributed by atoms with van der Waals surface area (Å²) in [5.74, 6) is 0. The van der Waals surface area contributed by atoms with E-state index >= 15 is 0 Å². The van der Waals surface area contributed by atoms with Crippen molar-refractivity contribution in [2.75, 3.05) is 11.1 Å². The smallest absolute Gasteiger partial charge is 0.126 e. The van der Waals surface area contributed by atoms with Gasteiger partial charge in [-0.15, -0.1) is 0 Å². The number of halogens is 1. The molecule has 0 saturated heterocycles. The van der Waals surface area contributed by atoms with Gasteiger partial charge >= 0.3 is 0 Å². The molecule has 17 heavy (non-hydrogen) atoms. The second-order valence-corrected chi connectivity index (χ2v) is 4.30. The van der Waals surface area contributed by atoms with Crippen molar-refractivity contribution in [3.05, 3.63) is 65.7 Å². The Hall–Kier alpha value is -1.80. The Bertz CT molecular complexity index is 563. The lowest BCUT2D eigenvalue weighted by atomic mass is 9.99. The lowest BCUT2D eigenvalue weighted by Crippen LogP contribution is -2.21. The standard InChI is InChI=1S/C14H11ClN2/c15-17-10-16-14(11-6-2-1-3-7-11)12-8-4-5-9-13(12)17/h1-9H,10H2. The molecule has 0 amide bonds. The summed E-state index contributed by atoms with van der Waals surface area (Å²) in [6.45, 7) is 0.489. The van der Waals surface area contributed by atoms with E-state index in [1.54, 1.807) is 4.42 Å². The van der Waals surface area contributed by atoms with Crippen LogP contribution in [0.3, 0.4) is 0 Å². The van der Waals surface area contributed by atoms with Crippen molar-refractivity contribution in [2.45, 2.75) is 0 Å². The molecule has 0 atom stereocenters. The minimum atomic E-state index is 0.489. The van der Waals surface area contributed by atoms with Gasteiger partial charge in [0.2, 0.25) is 0 Å². The first-order chi connectivity index (χ1) is 8.36. The molecule has 2 nitrogen and oxygen atoms in total. The molecule has 0 N–H and O–H groups in total. The Morgan fingerprint density at radius 1 is 0.941 bits per heavy atom. The van der Waals surface area contributed by atoms with E-state index in [0.29, 0.717) is 6.67 Å². The molecule has 0 bridgehead atoms. The van der Waals surface area contributed by atoms with Gasteiger partial charge in [0.05, 0.1) is 11.4 Å². The van der Waals surface area contributed by atoms with Gasteiger partial charge in [-0.05, 0) is 6.07 Å². The van der Waals surface area contributed by atoms with Crippen LogP contribution in [0.15, 0.2) is 59.6 Å². The minimum absolute atomic E-state index is 0.489. The molecule has 1 aliphatic rings. The second-order valence-electron chi connectivity index (χ2n) is 3.89. The van der Waals surface area contributed by atoms with Crippen LogP contribution in [-0.2, 0) is 0 Å². The van der Waals surface area contributed by atoms with Crippen molar-refractivity contribution < 1.29 is 0 Å². The predicted octanol–water partition coefficient (Wildman–Crippen LogP) is 3.46. The summed E-state index contributed by atoms with van der Waals surface area (Å²) in [6.07, 6.45) is 0. The average Bonchev–Trinajstić information content (AvgIpc) is 2.41. The maximum absolute atomic E-state index is 6.13. The Morgan fingerprint density at radius 2 is 1.65 bits per heavy atom. The molecule has 0 fully saturated rings. The Kier molecular flexibility index (Phi) is 2.57. The van der Waals surface area contributed by atoms with E-state index in [2.05, 4.69) is 23.2 Å². The van der Waals surface area contributed by atoms with Gasteiger partial charge in [-0.2, -0.15) is 0 Å². The van der Waals surface area contributed by atoms with E-state index in [1.165, 1.54) is 0 Å². The van der Waals surface area contributed by atoms with E-state index in [4.69, 9.17) is 11.8 Å². The van der Waals surface area contributed by atoms with Crippen LogP contribution >= 0.6 is 11.8 Å². The van der Waals surface area contributed by atoms with E-state index < -0.39 is 0 Å². The highest BCUT2D eigenvalue weighted by Gasteiger charge is 2.18. The van der Waals surface area contributed by atoms with Crippen molar-refractivity contribution in [3.8, 4) is 0 Å². The summed E-state index contributed by atoms with van der Waals surface area (Å²) >= 11 is 6.13. The number of nitrogens with zero attached hydrogens (tertiary/aromatic N) is 2. The number of anilines is 1. The Morgan fingerprint density at radius 3 is 2.47 bits per heavy atom. The molecular formula is C14H11ClN2. The Balaban J connectivity index is 2.14. The highest BCUT2D eigenvalue weighted by molar-refractivity contribution is 6.29. The first-order valence-corrected chi connectivity index (χ1v) is 5.82. The summed E-state index contributed by atoms with van der Waals surface area (Å²) in [5, 5.41) is 0. The number of benzene rings is 2. The van der Waals surface area contributed by atoms with E-state index in [0.717, 1.165) is 22.5 Å². The zero-order valence-electron chi connectivity index (χ0n) is 9.18. The fraction of sp³-hybridized carbons (Fsp3) is 0.0714. The zero-order valence-corrected chi connectivity index (χ0v) is 9.93. The molecule has 2 aromatic carbocycles.